The number of hydrogen-bond acceptors (Lipinski definition) is 3. The fourth-order valence-electron chi connectivity index (χ4n) is 3.27. The van der Waals surface area contributed by atoms with Crippen molar-refractivity contribution in [3.63, 3.8) is 0 Å². The molecule has 0 bridgehead atoms. The molecule has 0 aliphatic rings. The third-order valence-corrected chi connectivity index (χ3v) is 5.91. The van der Waals surface area contributed by atoms with E-state index in [1.807, 2.05) is 0 Å². The molecule has 0 atom stereocenters. The quantitative estimate of drug-likeness (QED) is 0.650. The third kappa shape index (κ3) is 4.00. The Bertz CT molecular complexity index is 1230. The van der Waals surface area contributed by atoms with Crippen LogP contribution in [0.25, 0.3) is 5.69 Å². The van der Waals surface area contributed by atoms with Gasteiger partial charge in [-0.25, -0.2) is 13.1 Å². The molecule has 6 nitrogen and oxygen atoms in total. The summed E-state index contributed by atoms with van der Waals surface area (Å²) in [6.45, 7) is 3.57. The molecule has 0 amide bonds. The number of benzene rings is 2. The van der Waals surface area contributed by atoms with Gasteiger partial charge in [-0.05, 0) is 36.2 Å². The molecule has 0 aliphatic carbocycles. The van der Waals surface area contributed by atoms with Crippen LogP contribution in [-0.4, -0.2) is 17.8 Å². The molecule has 3 aromatic rings. The van der Waals surface area contributed by atoms with Gasteiger partial charge in [-0.15, -0.1) is 0 Å². The first-order valence-corrected chi connectivity index (χ1v) is 10.5. The molecule has 0 saturated heterocycles. The standard InChI is InChI=1S/C20H20F3N3O3S/c1-13(2)18-17(19(27)26(25(18)3)15-9-5-4-6-10-15)24-30(28,29)16-11-7-8-14(12-16)20(21,22)23/h4-13,24H,1-3H3. The highest BCUT2D eigenvalue weighted by atomic mass is 32.2. The first kappa shape index (κ1) is 21.7. The van der Waals surface area contributed by atoms with Gasteiger partial charge in [0.25, 0.3) is 15.6 Å². The van der Waals surface area contributed by atoms with E-state index in [9.17, 15) is 26.4 Å². The number of nitrogens with one attached hydrogen (secondary N) is 1. The van der Waals surface area contributed by atoms with Gasteiger partial charge in [0.15, 0.2) is 0 Å². The number of hydrogen-bond donors (Lipinski definition) is 1. The van der Waals surface area contributed by atoms with Crippen LogP contribution in [0.1, 0.15) is 31.0 Å². The van der Waals surface area contributed by atoms with E-state index >= 15 is 0 Å². The zero-order chi connectivity index (χ0) is 22.3. The minimum atomic E-state index is -4.69. The topological polar surface area (TPSA) is 73.1 Å². The molecule has 10 heteroatoms. The Hall–Kier alpha value is -3.01. The van der Waals surface area contributed by atoms with Crippen molar-refractivity contribution in [3.8, 4) is 5.69 Å². The van der Waals surface area contributed by atoms with Crippen molar-refractivity contribution in [3.05, 3.63) is 76.2 Å². The summed E-state index contributed by atoms with van der Waals surface area (Å²) in [5.41, 5.74) is -0.989. The summed E-state index contributed by atoms with van der Waals surface area (Å²) < 4.78 is 69.7. The molecule has 0 unspecified atom stereocenters. The van der Waals surface area contributed by atoms with E-state index in [2.05, 4.69) is 4.72 Å². The van der Waals surface area contributed by atoms with E-state index in [0.29, 0.717) is 17.4 Å². The van der Waals surface area contributed by atoms with E-state index in [0.717, 1.165) is 18.2 Å². The van der Waals surface area contributed by atoms with E-state index in [-0.39, 0.29) is 11.6 Å². The molecule has 1 N–H and O–H groups in total. The average molecular weight is 439 g/mol. The van der Waals surface area contributed by atoms with Crippen molar-refractivity contribution < 1.29 is 21.6 Å². The van der Waals surface area contributed by atoms with Crippen LogP contribution >= 0.6 is 0 Å². The second kappa shape index (κ2) is 7.67. The highest BCUT2D eigenvalue weighted by Gasteiger charge is 2.32. The first-order chi connectivity index (χ1) is 13.9. The number of para-hydroxylation sites is 1. The largest absolute Gasteiger partial charge is 0.416 e. The number of halogens is 3. The summed E-state index contributed by atoms with van der Waals surface area (Å²) >= 11 is 0. The van der Waals surface area contributed by atoms with Gasteiger partial charge in [-0.2, -0.15) is 13.2 Å². The average Bonchev–Trinajstić information content (AvgIpc) is 2.91. The number of rotatable bonds is 5. The van der Waals surface area contributed by atoms with E-state index in [1.165, 1.54) is 9.36 Å². The van der Waals surface area contributed by atoms with Crippen molar-refractivity contribution >= 4 is 15.7 Å². The van der Waals surface area contributed by atoms with Gasteiger partial charge < -0.3 is 0 Å². The normalized spacial score (nSPS) is 12.4. The maximum Gasteiger partial charge on any atom is 0.416 e. The number of anilines is 1. The molecule has 0 fully saturated rings. The third-order valence-electron chi connectivity index (χ3n) is 4.57. The molecule has 1 aromatic heterocycles. The van der Waals surface area contributed by atoms with Crippen LogP contribution in [0.5, 0.6) is 0 Å². The smallest absolute Gasteiger partial charge is 0.283 e. The van der Waals surface area contributed by atoms with Gasteiger partial charge in [0.1, 0.15) is 5.69 Å². The predicted molar refractivity (Wildman–Crippen MR) is 107 cm³/mol. The van der Waals surface area contributed by atoms with Crippen LogP contribution in [0.15, 0.2) is 64.3 Å². The van der Waals surface area contributed by atoms with Crippen molar-refractivity contribution in [1.82, 2.24) is 9.36 Å². The molecule has 30 heavy (non-hydrogen) atoms. The molecular formula is C20H20F3N3O3S. The maximum atomic E-state index is 13.1. The SMILES string of the molecule is CC(C)c1c(NS(=O)(=O)c2cccc(C(F)(F)F)c2)c(=O)n(-c2ccccc2)n1C. The van der Waals surface area contributed by atoms with Crippen LogP contribution in [0, 0.1) is 0 Å². The summed E-state index contributed by atoms with van der Waals surface area (Å²) in [4.78, 5) is 12.5. The van der Waals surface area contributed by atoms with Crippen LogP contribution in [0.3, 0.4) is 0 Å². The van der Waals surface area contributed by atoms with E-state index in [4.69, 9.17) is 0 Å². The van der Waals surface area contributed by atoms with E-state index in [1.54, 1.807) is 51.2 Å². The minimum absolute atomic E-state index is 0.200. The van der Waals surface area contributed by atoms with Crippen LogP contribution < -0.4 is 10.3 Å². The molecule has 0 saturated carbocycles. The molecule has 0 radical (unpaired) electrons. The van der Waals surface area contributed by atoms with Gasteiger partial charge in [0.2, 0.25) is 0 Å². The number of sulfonamides is 1. The van der Waals surface area contributed by atoms with Crippen molar-refractivity contribution in [2.45, 2.75) is 30.8 Å². The summed E-state index contributed by atoms with van der Waals surface area (Å²) in [6, 6.07) is 12.0. The van der Waals surface area contributed by atoms with Gasteiger partial charge in [-0.1, -0.05) is 38.1 Å². The Morgan fingerprint density at radius 3 is 2.20 bits per heavy atom. The highest BCUT2D eigenvalue weighted by molar-refractivity contribution is 7.92. The summed E-state index contributed by atoms with van der Waals surface area (Å²) in [6.07, 6.45) is -4.69. The zero-order valence-corrected chi connectivity index (χ0v) is 17.3. The Morgan fingerprint density at radius 2 is 1.63 bits per heavy atom. The Kier molecular flexibility index (Phi) is 5.55. The molecule has 1 heterocycles. The minimum Gasteiger partial charge on any atom is -0.283 e. The van der Waals surface area contributed by atoms with Crippen molar-refractivity contribution in [1.29, 1.82) is 0 Å². The number of nitrogens with zero attached hydrogens (tertiary/aromatic N) is 2. The Balaban J connectivity index is 2.14. The van der Waals surface area contributed by atoms with Crippen LogP contribution in [0.4, 0.5) is 18.9 Å². The van der Waals surface area contributed by atoms with Gasteiger partial charge in [-0.3, -0.25) is 14.2 Å². The molecule has 2 aromatic carbocycles. The van der Waals surface area contributed by atoms with Crippen LogP contribution in [-0.2, 0) is 23.2 Å². The van der Waals surface area contributed by atoms with E-state index < -0.39 is 32.2 Å². The molecule has 0 aliphatic heterocycles. The molecule has 3 rings (SSSR count). The maximum absolute atomic E-state index is 13.1. The van der Waals surface area contributed by atoms with Crippen molar-refractivity contribution in [2.75, 3.05) is 4.72 Å². The number of alkyl halides is 3. The Labute approximate surface area is 171 Å². The fraction of sp³-hybridized carbons (Fsp3) is 0.250. The van der Waals surface area contributed by atoms with Gasteiger partial charge in [0.05, 0.1) is 21.8 Å². The second-order valence-corrected chi connectivity index (χ2v) is 8.70. The monoisotopic (exact) mass is 439 g/mol. The fourth-order valence-corrected chi connectivity index (χ4v) is 4.39. The molecule has 0 spiro atoms. The lowest BCUT2D eigenvalue weighted by Gasteiger charge is -2.14. The predicted octanol–water partition coefficient (Wildman–Crippen LogP) is 4.12. The van der Waals surface area contributed by atoms with Gasteiger partial charge in [0, 0.05) is 7.05 Å². The highest BCUT2D eigenvalue weighted by Crippen LogP contribution is 2.31. The zero-order valence-electron chi connectivity index (χ0n) is 16.4. The molecular weight excluding hydrogens is 419 g/mol. The second-order valence-electron chi connectivity index (χ2n) is 7.02. The Morgan fingerprint density at radius 1 is 1.00 bits per heavy atom. The number of aromatic nitrogens is 2. The lowest BCUT2D eigenvalue weighted by molar-refractivity contribution is -0.137. The van der Waals surface area contributed by atoms with Crippen LogP contribution in [0.2, 0.25) is 0 Å². The lowest BCUT2D eigenvalue weighted by atomic mass is 10.1. The summed E-state index contributed by atoms with van der Waals surface area (Å²) in [5.74, 6) is -0.244. The molecule has 160 valence electrons. The first-order valence-electron chi connectivity index (χ1n) is 9.01. The van der Waals surface area contributed by atoms with Crippen molar-refractivity contribution in [2.24, 2.45) is 7.05 Å². The van der Waals surface area contributed by atoms with Gasteiger partial charge >= 0.3 is 6.18 Å². The lowest BCUT2D eigenvalue weighted by Crippen LogP contribution is -2.23. The summed E-state index contributed by atoms with van der Waals surface area (Å²) in [7, 11) is -2.82. The summed E-state index contributed by atoms with van der Waals surface area (Å²) in [5, 5.41) is 0.